The topological polar surface area (TPSA) is 18.5 Å². The minimum atomic E-state index is 0.298. The Morgan fingerprint density at radius 3 is 2.14 bits per heavy atom. The number of hydrogen-bond donors (Lipinski definition) is 0. The van der Waals surface area contributed by atoms with Gasteiger partial charge in [0.25, 0.3) is 0 Å². The molecule has 0 saturated heterocycles. The van der Waals surface area contributed by atoms with Gasteiger partial charge in [0.1, 0.15) is 11.5 Å². The van der Waals surface area contributed by atoms with Crippen LogP contribution in [0.2, 0.25) is 0 Å². The van der Waals surface area contributed by atoms with Gasteiger partial charge in [-0.15, -0.1) is 11.6 Å². The Hall–Kier alpha value is -1.41. The molecule has 0 radical (unpaired) electrons. The van der Waals surface area contributed by atoms with Gasteiger partial charge in [0, 0.05) is 16.1 Å². The number of hydrogen-bond acceptors (Lipinski definition) is 2. The van der Waals surface area contributed by atoms with Crippen LogP contribution in [0.1, 0.15) is 39.5 Å². The summed E-state index contributed by atoms with van der Waals surface area (Å²) < 4.78 is 11.7. The van der Waals surface area contributed by atoms with Gasteiger partial charge in [-0.1, -0.05) is 31.2 Å². The predicted octanol–water partition coefficient (Wildman–Crippen LogP) is 5.81. The van der Waals surface area contributed by atoms with Crippen molar-refractivity contribution < 1.29 is 9.47 Å². The molecule has 0 heterocycles. The third-order valence-electron chi connectivity index (χ3n) is 3.76. The molecule has 0 aliphatic heterocycles. The fourth-order valence-electron chi connectivity index (χ4n) is 2.51. The van der Waals surface area contributed by atoms with Crippen molar-refractivity contribution in [3.8, 4) is 11.5 Å². The lowest BCUT2D eigenvalue weighted by Gasteiger charge is -2.13. The van der Waals surface area contributed by atoms with Crippen molar-refractivity contribution in [1.82, 2.24) is 0 Å². The molecule has 0 bridgehead atoms. The van der Waals surface area contributed by atoms with Gasteiger partial charge in [0.2, 0.25) is 0 Å². The number of alkyl halides is 1. The van der Waals surface area contributed by atoms with E-state index in [1.54, 1.807) is 0 Å². The largest absolute Gasteiger partial charge is 0.493 e. The van der Waals surface area contributed by atoms with Crippen LogP contribution in [0.4, 0.5) is 0 Å². The Morgan fingerprint density at radius 2 is 1.55 bits per heavy atom. The summed E-state index contributed by atoms with van der Waals surface area (Å²) in [6.45, 7) is 5.52. The van der Waals surface area contributed by atoms with Crippen molar-refractivity contribution in [2.75, 3.05) is 13.2 Å². The smallest absolute Gasteiger partial charge is 0.127 e. The third-order valence-corrected chi connectivity index (χ3v) is 4.28. The van der Waals surface area contributed by atoms with Crippen LogP contribution < -0.4 is 9.47 Å². The Labute approximate surface area is 138 Å². The summed E-state index contributed by atoms with van der Waals surface area (Å²) in [5, 5.41) is 2.51. The zero-order valence-electron chi connectivity index (χ0n) is 13.5. The van der Waals surface area contributed by atoms with E-state index in [-0.39, 0.29) is 0 Å². The lowest BCUT2D eigenvalue weighted by Crippen LogP contribution is -2.01. The van der Waals surface area contributed by atoms with Gasteiger partial charge in [0.15, 0.2) is 0 Å². The average Bonchev–Trinajstić information content (AvgIpc) is 2.56. The molecule has 0 N–H and O–H groups in total. The molecule has 0 fully saturated rings. The summed E-state index contributed by atoms with van der Waals surface area (Å²) in [6, 6.07) is 12.2. The summed E-state index contributed by atoms with van der Waals surface area (Å²) in [7, 11) is 0. The first-order chi connectivity index (χ1) is 10.8. The molecule has 3 heteroatoms. The van der Waals surface area contributed by atoms with Crippen LogP contribution in [-0.2, 0) is 0 Å². The number of rotatable bonds is 9. The van der Waals surface area contributed by atoms with Crippen LogP contribution >= 0.6 is 11.6 Å². The van der Waals surface area contributed by atoms with E-state index in [1.165, 1.54) is 0 Å². The fraction of sp³-hybridized carbons (Fsp3) is 0.474. The van der Waals surface area contributed by atoms with E-state index in [2.05, 4.69) is 19.1 Å². The van der Waals surface area contributed by atoms with Gasteiger partial charge in [-0.05, 0) is 44.7 Å². The van der Waals surface area contributed by atoms with Crippen molar-refractivity contribution >= 4 is 22.4 Å². The Kier molecular flexibility index (Phi) is 6.85. The second kappa shape index (κ2) is 8.89. The highest BCUT2D eigenvalue weighted by Gasteiger charge is 2.07. The first kappa shape index (κ1) is 17.0. The highest BCUT2D eigenvalue weighted by atomic mass is 35.5. The zero-order chi connectivity index (χ0) is 15.8. The maximum Gasteiger partial charge on any atom is 0.127 e. The van der Waals surface area contributed by atoms with Crippen LogP contribution in [-0.4, -0.2) is 18.6 Å². The van der Waals surface area contributed by atoms with Gasteiger partial charge in [-0.2, -0.15) is 0 Å². The predicted molar refractivity (Wildman–Crippen MR) is 94.4 cm³/mol. The lowest BCUT2D eigenvalue weighted by molar-refractivity contribution is 0.307. The second-order valence-electron chi connectivity index (χ2n) is 5.39. The second-order valence-corrected chi connectivity index (χ2v) is 6.01. The van der Waals surface area contributed by atoms with Gasteiger partial charge in [-0.25, -0.2) is 0 Å². The fourth-order valence-corrected chi connectivity index (χ4v) is 2.66. The highest BCUT2D eigenvalue weighted by Crippen LogP contribution is 2.33. The average molecular weight is 321 g/mol. The molecule has 0 aliphatic carbocycles. The maximum atomic E-state index is 6.13. The Bertz CT molecular complexity index is 583. The SMILES string of the molecule is CCOc1ccc(OCCCCC(Cl)CC)c2ccccc12. The number of fused-ring (bicyclic) bond motifs is 1. The van der Waals surface area contributed by atoms with E-state index in [1.807, 2.05) is 31.2 Å². The van der Waals surface area contributed by atoms with Crippen LogP contribution in [0.5, 0.6) is 11.5 Å². The van der Waals surface area contributed by atoms with Gasteiger partial charge < -0.3 is 9.47 Å². The van der Waals surface area contributed by atoms with E-state index in [0.29, 0.717) is 12.0 Å². The molecule has 1 atom stereocenters. The minimum Gasteiger partial charge on any atom is -0.493 e. The number of halogens is 1. The quantitative estimate of drug-likeness (QED) is 0.429. The minimum absolute atomic E-state index is 0.298. The van der Waals surface area contributed by atoms with Gasteiger partial charge >= 0.3 is 0 Å². The van der Waals surface area contributed by atoms with E-state index in [4.69, 9.17) is 21.1 Å². The van der Waals surface area contributed by atoms with Crippen LogP contribution in [0.3, 0.4) is 0 Å². The van der Waals surface area contributed by atoms with Crippen LogP contribution in [0.15, 0.2) is 36.4 Å². The van der Waals surface area contributed by atoms with Crippen molar-refractivity contribution in [1.29, 1.82) is 0 Å². The van der Waals surface area contributed by atoms with Crippen molar-refractivity contribution in [3.63, 3.8) is 0 Å². The summed E-state index contributed by atoms with van der Waals surface area (Å²) >= 11 is 6.13. The maximum absolute atomic E-state index is 6.13. The number of unbranched alkanes of at least 4 members (excludes halogenated alkanes) is 1. The molecule has 0 saturated carbocycles. The lowest BCUT2D eigenvalue weighted by atomic mass is 10.1. The number of ether oxygens (including phenoxy) is 2. The Balaban J connectivity index is 1.98. The van der Waals surface area contributed by atoms with Crippen molar-refractivity contribution in [3.05, 3.63) is 36.4 Å². The zero-order valence-corrected chi connectivity index (χ0v) is 14.2. The molecular formula is C19H25ClO2. The summed E-state index contributed by atoms with van der Waals surface area (Å²) in [4.78, 5) is 0. The first-order valence-corrected chi connectivity index (χ1v) is 8.61. The summed E-state index contributed by atoms with van der Waals surface area (Å²) in [5.41, 5.74) is 0. The highest BCUT2D eigenvalue weighted by molar-refractivity contribution is 6.20. The van der Waals surface area contributed by atoms with Crippen molar-refractivity contribution in [2.45, 2.75) is 44.9 Å². The van der Waals surface area contributed by atoms with E-state index in [9.17, 15) is 0 Å². The summed E-state index contributed by atoms with van der Waals surface area (Å²) in [5.74, 6) is 1.84. The van der Waals surface area contributed by atoms with Crippen molar-refractivity contribution in [2.24, 2.45) is 0 Å². The normalized spacial score (nSPS) is 12.3. The monoisotopic (exact) mass is 320 g/mol. The van der Waals surface area contributed by atoms with Gasteiger partial charge in [-0.3, -0.25) is 0 Å². The molecule has 2 aromatic carbocycles. The molecule has 0 spiro atoms. The molecule has 120 valence electrons. The van der Waals surface area contributed by atoms with Gasteiger partial charge in [0.05, 0.1) is 13.2 Å². The van der Waals surface area contributed by atoms with E-state index in [0.717, 1.165) is 54.6 Å². The molecule has 0 amide bonds. The molecule has 1 unspecified atom stereocenters. The molecule has 22 heavy (non-hydrogen) atoms. The molecule has 2 rings (SSSR count). The van der Waals surface area contributed by atoms with Crippen LogP contribution in [0.25, 0.3) is 10.8 Å². The Morgan fingerprint density at radius 1 is 0.909 bits per heavy atom. The first-order valence-electron chi connectivity index (χ1n) is 8.17. The molecular weight excluding hydrogens is 296 g/mol. The molecule has 0 aromatic heterocycles. The van der Waals surface area contributed by atoms with Crippen LogP contribution in [0, 0.1) is 0 Å². The molecule has 2 aromatic rings. The third kappa shape index (κ3) is 4.54. The molecule has 2 nitrogen and oxygen atoms in total. The van der Waals surface area contributed by atoms with E-state index < -0.39 is 0 Å². The van der Waals surface area contributed by atoms with E-state index >= 15 is 0 Å². The standard InChI is InChI=1S/C19H25ClO2/c1-3-15(20)9-7-8-14-22-19-13-12-18(21-4-2)16-10-5-6-11-17(16)19/h5-6,10-13,15H,3-4,7-9,14H2,1-2H3. The molecule has 0 aliphatic rings. The number of benzene rings is 2. The summed E-state index contributed by atoms with van der Waals surface area (Å²) in [6.07, 6.45) is 4.24.